The molecule has 3 rings (SSSR count). The summed E-state index contributed by atoms with van der Waals surface area (Å²) in [6.45, 7) is 9.61. The van der Waals surface area contributed by atoms with Crippen LogP contribution in [0.4, 0.5) is 0 Å². The zero-order chi connectivity index (χ0) is 14.0. The van der Waals surface area contributed by atoms with Crippen LogP contribution in [0.2, 0.25) is 0 Å². The van der Waals surface area contributed by atoms with Gasteiger partial charge >= 0.3 is 0 Å². The summed E-state index contributed by atoms with van der Waals surface area (Å²) in [7, 11) is 0. The minimum absolute atomic E-state index is 0.476. The van der Waals surface area contributed by atoms with Gasteiger partial charge in [-0.3, -0.25) is 0 Å². The molecule has 0 radical (unpaired) electrons. The first-order valence-corrected chi connectivity index (χ1v) is 8.72. The van der Waals surface area contributed by atoms with Crippen molar-refractivity contribution in [3.8, 4) is 0 Å². The van der Waals surface area contributed by atoms with E-state index < -0.39 is 0 Å². The Bertz CT molecular complexity index is 314. The smallest absolute Gasteiger partial charge is 0.0707 e. The molecule has 3 nitrogen and oxygen atoms in total. The number of rotatable bonds is 5. The molecule has 2 saturated heterocycles. The van der Waals surface area contributed by atoms with Gasteiger partial charge in [0.25, 0.3) is 0 Å². The lowest BCUT2D eigenvalue weighted by Gasteiger charge is -2.25. The van der Waals surface area contributed by atoms with Crippen LogP contribution in [-0.4, -0.2) is 49.3 Å². The average Bonchev–Trinajstić information content (AvgIpc) is 3.15. The lowest BCUT2D eigenvalue weighted by molar-refractivity contribution is 0.0234. The second-order valence-corrected chi connectivity index (χ2v) is 7.96. The molecule has 2 atom stereocenters. The lowest BCUT2D eigenvalue weighted by Crippen LogP contribution is -2.35. The predicted octanol–water partition coefficient (Wildman–Crippen LogP) is 2.80. The van der Waals surface area contributed by atoms with E-state index in [1.807, 2.05) is 0 Å². The number of likely N-dealkylation sites (tertiary alicyclic amines) is 1. The van der Waals surface area contributed by atoms with Gasteiger partial charge in [-0.15, -0.1) is 0 Å². The van der Waals surface area contributed by atoms with Crippen molar-refractivity contribution >= 4 is 0 Å². The van der Waals surface area contributed by atoms with E-state index in [1.54, 1.807) is 0 Å². The van der Waals surface area contributed by atoms with E-state index in [2.05, 4.69) is 24.1 Å². The highest BCUT2D eigenvalue weighted by Gasteiger charge is 2.30. The van der Waals surface area contributed by atoms with Crippen molar-refractivity contribution in [3.63, 3.8) is 0 Å². The first kappa shape index (κ1) is 14.8. The molecule has 0 aromatic rings. The summed E-state index contributed by atoms with van der Waals surface area (Å²) in [5.74, 6) is 0. The molecule has 1 saturated carbocycles. The van der Waals surface area contributed by atoms with Gasteiger partial charge in [-0.05, 0) is 63.5 Å². The van der Waals surface area contributed by atoms with Gasteiger partial charge in [-0.25, -0.2) is 0 Å². The van der Waals surface area contributed by atoms with E-state index in [4.69, 9.17) is 4.74 Å². The van der Waals surface area contributed by atoms with Gasteiger partial charge in [0.05, 0.1) is 12.2 Å². The third-order valence-corrected chi connectivity index (χ3v) is 5.30. The fourth-order valence-corrected chi connectivity index (χ4v) is 3.60. The fourth-order valence-electron chi connectivity index (χ4n) is 3.60. The molecule has 20 heavy (non-hydrogen) atoms. The SMILES string of the molecule is CC1(C)CCCN(CC2CCC(CNC3CC3)O2)CC1. The van der Waals surface area contributed by atoms with Crippen molar-refractivity contribution in [1.82, 2.24) is 10.2 Å². The van der Waals surface area contributed by atoms with Gasteiger partial charge in [0.2, 0.25) is 0 Å². The normalized spacial score (nSPS) is 35.1. The first-order chi connectivity index (χ1) is 9.61. The largest absolute Gasteiger partial charge is 0.372 e. The molecule has 1 N–H and O–H groups in total. The first-order valence-electron chi connectivity index (χ1n) is 8.72. The van der Waals surface area contributed by atoms with Crippen LogP contribution >= 0.6 is 0 Å². The molecule has 0 aromatic heterocycles. The van der Waals surface area contributed by atoms with Crippen LogP contribution in [0.3, 0.4) is 0 Å². The Hall–Kier alpha value is -0.120. The van der Waals surface area contributed by atoms with Crippen LogP contribution in [0, 0.1) is 5.41 Å². The van der Waals surface area contributed by atoms with Crippen LogP contribution < -0.4 is 5.32 Å². The van der Waals surface area contributed by atoms with Gasteiger partial charge in [0, 0.05) is 19.1 Å². The summed E-state index contributed by atoms with van der Waals surface area (Å²) in [5, 5.41) is 3.60. The predicted molar refractivity (Wildman–Crippen MR) is 83.0 cm³/mol. The molecule has 0 amide bonds. The zero-order valence-corrected chi connectivity index (χ0v) is 13.4. The quantitative estimate of drug-likeness (QED) is 0.838. The highest BCUT2D eigenvalue weighted by Crippen LogP contribution is 2.30. The van der Waals surface area contributed by atoms with Gasteiger partial charge in [0.15, 0.2) is 0 Å². The molecule has 116 valence electrons. The van der Waals surface area contributed by atoms with E-state index >= 15 is 0 Å². The van der Waals surface area contributed by atoms with Crippen LogP contribution in [0.15, 0.2) is 0 Å². The number of nitrogens with zero attached hydrogens (tertiary/aromatic N) is 1. The maximum atomic E-state index is 6.23. The topological polar surface area (TPSA) is 24.5 Å². The van der Waals surface area contributed by atoms with E-state index in [9.17, 15) is 0 Å². The van der Waals surface area contributed by atoms with Crippen LogP contribution in [-0.2, 0) is 4.74 Å². The van der Waals surface area contributed by atoms with Crippen molar-refractivity contribution in [3.05, 3.63) is 0 Å². The minimum Gasteiger partial charge on any atom is -0.372 e. The van der Waals surface area contributed by atoms with Crippen LogP contribution in [0.25, 0.3) is 0 Å². The lowest BCUT2D eigenvalue weighted by atomic mass is 9.85. The second kappa shape index (κ2) is 6.33. The minimum atomic E-state index is 0.476. The maximum absolute atomic E-state index is 6.23. The van der Waals surface area contributed by atoms with E-state index in [-0.39, 0.29) is 0 Å². The van der Waals surface area contributed by atoms with Crippen molar-refractivity contribution in [2.75, 3.05) is 26.2 Å². The Morgan fingerprint density at radius 3 is 2.65 bits per heavy atom. The Balaban J connectivity index is 1.37. The standard InChI is InChI=1S/C17H32N2O/c1-17(2)8-3-10-19(11-9-17)13-16-7-6-15(20-16)12-18-14-4-5-14/h14-16,18H,3-13H2,1-2H3. The summed E-state index contributed by atoms with van der Waals surface area (Å²) in [6.07, 6.45) is 10.3. The number of hydrogen-bond acceptors (Lipinski definition) is 3. The van der Waals surface area contributed by atoms with Crippen LogP contribution in [0.1, 0.15) is 58.8 Å². The third kappa shape index (κ3) is 4.44. The molecule has 0 spiro atoms. The summed E-state index contributed by atoms with van der Waals surface area (Å²) in [5.41, 5.74) is 0.544. The highest BCUT2D eigenvalue weighted by molar-refractivity contribution is 4.85. The average molecular weight is 280 g/mol. The molecular formula is C17H32N2O. The molecule has 2 aliphatic heterocycles. The molecule has 3 aliphatic rings. The van der Waals surface area contributed by atoms with Crippen molar-refractivity contribution in [2.45, 2.75) is 77.0 Å². The van der Waals surface area contributed by atoms with Gasteiger partial charge in [-0.2, -0.15) is 0 Å². The molecule has 2 unspecified atom stereocenters. The summed E-state index contributed by atoms with van der Waals surface area (Å²) < 4.78 is 6.23. The molecule has 2 heterocycles. The Morgan fingerprint density at radius 2 is 1.85 bits per heavy atom. The Labute approximate surface area is 124 Å². The molecular weight excluding hydrogens is 248 g/mol. The number of nitrogens with one attached hydrogen (secondary N) is 1. The van der Waals surface area contributed by atoms with Gasteiger partial charge in [0.1, 0.15) is 0 Å². The maximum Gasteiger partial charge on any atom is 0.0707 e. The summed E-state index contributed by atoms with van der Waals surface area (Å²) in [6, 6.07) is 0.811. The molecule has 1 aliphatic carbocycles. The Kier molecular flexibility index (Phi) is 4.68. The van der Waals surface area contributed by atoms with Crippen LogP contribution in [0.5, 0.6) is 0 Å². The van der Waals surface area contributed by atoms with Gasteiger partial charge in [-0.1, -0.05) is 13.8 Å². The summed E-state index contributed by atoms with van der Waals surface area (Å²) >= 11 is 0. The van der Waals surface area contributed by atoms with Crippen molar-refractivity contribution < 1.29 is 4.74 Å². The Morgan fingerprint density at radius 1 is 1.05 bits per heavy atom. The number of hydrogen-bond donors (Lipinski definition) is 1. The van der Waals surface area contributed by atoms with Crippen molar-refractivity contribution in [1.29, 1.82) is 0 Å². The van der Waals surface area contributed by atoms with E-state index in [0.29, 0.717) is 17.6 Å². The van der Waals surface area contributed by atoms with E-state index in [0.717, 1.165) is 19.1 Å². The third-order valence-electron chi connectivity index (χ3n) is 5.30. The summed E-state index contributed by atoms with van der Waals surface area (Å²) in [4.78, 5) is 2.65. The molecule has 0 bridgehead atoms. The molecule has 3 heteroatoms. The fraction of sp³-hybridized carbons (Fsp3) is 1.00. The van der Waals surface area contributed by atoms with Crippen molar-refractivity contribution in [2.24, 2.45) is 5.41 Å². The number of ether oxygens (including phenoxy) is 1. The monoisotopic (exact) mass is 280 g/mol. The van der Waals surface area contributed by atoms with E-state index in [1.165, 1.54) is 58.0 Å². The molecule has 3 fully saturated rings. The highest BCUT2D eigenvalue weighted by atomic mass is 16.5. The second-order valence-electron chi connectivity index (χ2n) is 7.96. The zero-order valence-electron chi connectivity index (χ0n) is 13.4. The molecule has 0 aromatic carbocycles. The van der Waals surface area contributed by atoms with Gasteiger partial charge < -0.3 is 15.0 Å².